The fraction of sp³-hybridized carbons (Fsp3) is 0.167. The van der Waals surface area contributed by atoms with E-state index in [0.29, 0.717) is 0 Å². The molecule has 3 aromatic rings. The topological polar surface area (TPSA) is 41.6 Å². The molecule has 3 rings (SSSR count). The minimum atomic E-state index is 0.899. The number of nitrogens with one attached hydrogen (secondary N) is 1. The van der Waals surface area contributed by atoms with E-state index in [-0.39, 0.29) is 0 Å². The van der Waals surface area contributed by atoms with Crippen molar-refractivity contribution in [3.05, 3.63) is 36.8 Å². The molecule has 1 aromatic carbocycles. The van der Waals surface area contributed by atoms with Crippen LogP contribution in [0.1, 0.15) is 13.8 Å². The molecule has 2 aromatic heterocycles. The van der Waals surface area contributed by atoms with Crippen LogP contribution in [0.5, 0.6) is 0 Å². The van der Waals surface area contributed by atoms with E-state index in [9.17, 15) is 0 Å². The van der Waals surface area contributed by atoms with Crippen LogP contribution in [0.2, 0.25) is 0 Å². The summed E-state index contributed by atoms with van der Waals surface area (Å²) in [6.45, 7) is 4.00. The summed E-state index contributed by atoms with van der Waals surface area (Å²) in [4.78, 5) is 11.4. The van der Waals surface area contributed by atoms with Gasteiger partial charge in [-0.05, 0) is 6.07 Å². The lowest BCUT2D eigenvalue weighted by Crippen LogP contribution is -1.75. The molecule has 2 heterocycles. The summed E-state index contributed by atoms with van der Waals surface area (Å²) >= 11 is 0. The zero-order valence-corrected chi connectivity index (χ0v) is 8.86. The van der Waals surface area contributed by atoms with Crippen molar-refractivity contribution in [3.63, 3.8) is 0 Å². The lowest BCUT2D eigenvalue weighted by Gasteiger charge is -1.86. The van der Waals surface area contributed by atoms with Crippen molar-refractivity contribution >= 4 is 21.9 Å². The van der Waals surface area contributed by atoms with E-state index >= 15 is 0 Å². The number of fused-ring (bicyclic) bond motifs is 3. The van der Waals surface area contributed by atoms with E-state index in [2.05, 4.69) is 21.0 Å². The highest BCUT2D eigenvalue weighted by atomic mass is 14.9. The maximum absolute atomic E-state index is 4.15. The Balaban J connectivity index is 0.000000404. The van der Waals surface area contributed by atoms with Crippen molar-refractivity contribution in [2.75, 3.05) is 0 Å². The summed E-state index contributed by atoms with van der Waals surface area (Å²) in [7, 11) is 0. The summed E-state index contributed by atoms with van der Waals surface area (Å²) in [6.07, 6.45) is 3.39. The van der Waals surface area contributed by atoms with E-state index < -0.39 is 0 Å². The molecule has 0 spiro atoms. The van der Waals surface area contributed by atoms with Crippen molar-refractivity contribution in [1.82, 2.24) is 15.0 Å². The Morgan fingerprint density at radius 2 is 1.87 bits per heavy atom. The third kappa shape index (κ3) is 1.56. The molecule has 0 bridgehead atoms. The molecule has 0 aliphatic heterocycles. The predicted octanol–water partition coefficient (Wildman–Crippen LogP) is 3.14. The SMILES string of the molecule is CC.c1ccc2c(c1)[nH]c1ncncc12. The molecule has 0 saturated carbocycles. The van der Waals surface area contributed by atoms with Crippen molar-refractivity contribution in [2.24, 2.45) is 0 Å². The molecule has 76 valence electrons. The molecule has 0 fully saturated rings. The summed E-state index contributed by atoms with van der Waals surface area (Å²) in [6, 6.07) is 8.13. The quantitative estimate of drug-likeness (QED) is 0.604. The first kappa shape index (κ1) is 9.65. The highest BCUT2D eigenvalue weighted by Crippen LogP contribution is 2.21. The molecule has 3 nitrogen and oxygen atoms in total. The molecular formula is C12H13N3. The molecule has 0 atom stereocenters. The Morgan fingerprint density at radius 3 is 2.73 bits per heavy atom. The number of nitrogens with zero attached hydrogens (tertiary/aromatic N) is 2. The van der Waals surface area contributed by atoms with E-state index in [1.165, 1.54) is 5.39 Å². The first-order valence-corrected chi connectivity index (χ1v) is 5.11. The molecule has 1 N–H and O–H groups in total. The summed E-state index contributed by atoms with van der Waals surface area (Å²) in [5, 5.41) is 2.26. The second-order valence-electron chi connectivity index (χ2n) is 2.96. The van der Waals surface area contributed by atoms with Gasteiger partial charge in [-0.1, -0.05) is 32.0 Å². The average molecular weight is 199 g/mol. The van der Waals surface area contributed by atoms with Crippen LogP contribution >= 0.6 is 0 Å². The smallest absolute Gasteiger partial charge is 0.141 e. The molecule has 0 amide bonds. The third-order valence-corrected chi connectivity index (χ3v) is 2.18. The van der Waals surface area contributed by atoms with Crippen molar-refractivity contribution in [3.8, 4) is 0 Å². The Hall–Kier alpha value is -1.90. The molecule has 0 aliphatic carbocycles. The zero-order valence-electron chi connectivity index (χ0n) is 8.86. The Morgan fingerprint density at radius 1 is 1.07 bits per heavy atom. The van der Waals surface area contributed by atoms with Gasteiger partial charge in [0.2, 0.25) is 0 Å². The lowest BCUT2D eigenvalue weighted by atomic mass is 10.2. The molecule has 0 unspecified atom stereocenters. The number of benzene rings is 1. The molecule has 0 aliphatic rings. The number of aromatic amines is 1. The van der Waals surface area contributed by atoms with Gasteiger partial charge in [0.15, 0.2) is 0 Å². The standard InChI is InChI=1S/C10H7N3.C2H6/c1-2-4-9-7(3-1)8-5-11-6-12-10(8)13-9;1-2/h1-6H,(H,11,12,13);1-2H3. The van der Waals surface area contributed by atoms with E-state index in [0.717, 1.165) is 16.6 Å². The van der Waals surface area contributed by atoms with Crippen LogP contribution in [0.4, 0.5) is 0 Å². The van der Waals surface area contributed by atoms with Gasteiger partial charge in [-0.15, -0.1) is 0 Å². The van der Waals surface area contributed by atoms with Crippen LogP contribution in [0.15, 0.2) is 36.8 Å². The van der Waals surface area contributed by atoms with Crippen molar-refractivity contribution in [2.45, 2.75) is 13.8 Å². The van der Waals surface area contributed by atoms with Gasteiger partial charge >= 0.3 is 0 Å². The first-order valence-electron chi connectivity index (χ1n) is 5.11. The van der Waals surface area contributed by atoms with Gasteiger partial charge in [0.05, 0.1) is 0 Å². The monoisotopic (exact) mass is 199 g/mol. The maximum atomic E-state index is 4.15. The van der Waals surface area contributed by atoms with Gasteiger partial charge in [0.1, 0.15) is 12.0 Å². The Labute approximate surface area is 88.2 Å². The molecule has 0 saturated heterocycles. The fourth-order valence-corrected chi connectivity index (χ4v) is 1.58. The second-order valence-corrected chi connectivity index (χ2v) is 2.96. The number of aromatic nitrogens is 3. The van der Waals surface area contributed by atoms with Crippen LogP contribution in [-0.4, -0.2) is 15.0 Å². The molecule has 0 radical (unpaired) electrons. The summed E-state index contributed by atoms with van der Waals surface area (Å²) in [5.41, 5.74) is 2.01. The van der Waals surface area contributed by atoms with Crippen LogP contribution in [0.3, 0.4) is 0 Å². The number of hydrogen-bond acceptors (Lipinski definition) is 2. The van der Waals surface area contributed by atoms with Crippen LogP contribution < -0.4 is 0 Å². The molecular weight excluding hydrogens is 186 g/mol. The molecule has 15 heavy (non-hydrogen) atoms. The number of rotatable bonds is 0. The van der Waals surface area contributed by atoms with Crippen molar-refractivity contribution in [1.29, 1.82) is 0 Å². The minimum absolute atomic E-state index is 0.899. The number of para-hydroxylation sites is 1. The van der Waals surface area contributed by atoms with E-state index in [4.69, 9.17) is 0 Å². The first-order chi connectivity index (χ1) is 7.45. The highest BCUT2D eigenvalue weighted by molar-refractivity contribution is 6.05. The Bertz CT molecular complexity index is 519. The van der Waals surface area contributed by atoms with Gasteiger partial charge in [-0.3, -0.25) is 0 Å². The van der Waals surface area contributed by atoms with E-state index in [1.54, 1.807) is 6.33 Å². The third-order valence-electron chi connectivity index (χ3n) is 2.18. The Kier molecular flexibility index (Phi) is 2.63. The van der Waals surface area contributed by atoms with Gasteiger partial charge < -0.3 is 4.98 Å². The normalized spacial score (nSPS) is 10.0. The van der Waals surface area contributed by atoms with Gasteiger partial charge in [-0.2, -0.15) is 0 Å². The second kappa shape index (κ2) is 4.09. The largest absolute Gasteiger partial charge is 0.339 e. The van der Waals surface area contributed by atoms with Gasteiger partial charge in [-0.25, -0.2) is 9.97 Å². The predicted molar refractivity (Wildman–Crippen MR) is 62.7 cm³/mol. The number of hydrogen-bond donors (Lipinski definition) is 1. The maximum Gasteiger partial charge on any atom is 0.141 e. The molecule has 3 heteroatoms. The minimum Gasteiger partial charge on any atom is -0.339 e. The van der Waals surface area contributed by atoms with Crippen LogP contribution in [0, 0.1) is 0 Å². The van der Waals surface area contributed by atoms with Crippen LogP contribution in [0.25, 0.3) is 21.9 Å². The highest BCUT2D eigenvalue weighted by Gasteiger charge is 2.02. The van der Waals surface area contributed by atoms with Gasteiger partial charge in [0.25, 0.3) is 0 Å². The van der Waals surface area contributed by atoms with Crippen LogP contribution in [-0.2, 0) is 0 Å². The summed E-state index contributed by atoms with van der Waals surface area (Å²) < 4.78 is 0. The zero-order chi connectivity index (χ0) is 10.7. The summed E-state index contributed by atoms with van der Waals surface area (Å²) in [5.74, 6) is 0. The lowest BCUT2D eigenvalue weighted by molar-refractivity contribution is 1.21. The number of H-pyrrole nitrogens is 1. The average Bonchev–Trinajstić information content (AvgIpc) is 2.70. The van der Waals surface area contributed by atoms with Gasteiger partial charge in [0, 0.05) is 22.5 Å². The fourth-order valence-electron chi connectivity index (χ4n) is 1.58. The van der Waals surface area contributed by atoms with Crippen molar-refractivity contribution < 1.29 is 0 Å². The van der Waals surface area contributed by atoms with E-state index in [1.807, 2.05) is 38.2 Å².